The summed E-state index contributed by atoms with van der Waals surface area (Å²) in [7, 11) is 0. The van der Waals surface area contributed by atoms with Crippen LogP contribution in [0, 0.1) is 5.82 Å². The molecule has 2 nitrogen and oxygen atoms in total. The summed E-state index contributed by atoms with van der Waals surface area (Å²) < 4.78 is 13.9. The Morgan fingerprint density at radius 2 is 1.90 bits per heavy atom. The third-order valence-corrected chi connectivity index (χ3v) is 3.99. The molecule has 0 spiro atoms. The van der Waals surface area contributed by atoms with Crippen molar-refractivity contribution in [1.29, 1.82) is 0 Å². The van der Waals surface area contributed by atoms with E-state index >= 15 is 0 Å². The van der Waals surface area contributed by atoms with Crippen molar-refractivity contribution in [2.24, 2.45) is 0 Å². The Balaban J connectivity index is 2.26. The van der Waals surface area contributed by atoms with Gasteiger partial charge in [-0.1, -0.05) is 34.1 Å². The summed E-state index contributed by atoms with van der Waals surface area (Å²) in [4.78, 5) is 14.4. The van der Waals surface area contributed by atoms with Crippen LogP contribution in [0.15, 0.2) is 53.0 Å². The topological polar surface area (TPSA) is 20.3 Å². The van der Waals surface area contributed by atoms with Crippen LogP contribution in [-0.4, -0.2) is 17.4 Å². The van der Waals surface area contributed by atoms with Crippen LogP contribution in [0.25, 0.3) is 0 Å². The Labute approximate surface area is 132 Å². The van der Waals surface area contributed by atoms with Gasteiger partial charge in [0.2, 0.25) is 0 Å². The summed E-state index contributed by atoms with van der Waals surface area (Å²) in [6.07, 6.45) is 0. The zero-order valence-electron chi connectivity index (χ0n) is 12.0. The van der Waals surface area contributed by atoms with Gasteiger partial charge in [0, 0.05) is 16.6 Å². The lowest BCUT2D eigenvalue weighted by atomic mass is 10.1. The molecule has 0 heterocycles. The number of rotatable bonds is 4. The van der Waals surface area contributed by atoms with Crippen molar-refractivity contribution in [2.75, 3.05) is 6.54 Å². The molecule has 1 unspecified atom stereocenters. The van der Waals surface area contributed by atoms with Gasteiger partial charge in [0.25, 0.3) is 5.91 Å². The first-order valence-electron chi connectivity index (χ1n) is 6.85. The van der Waals surface area contributed by atoms with Crippen molar-refractivity contribution in [2.45, 2.75) is 19.9 Å². The quantitative estimate of drug-likeness (QED) is 0.775. The van der Waals surface area contributed by atoms with E-state index < -0.39 is 0 Å². The summed E-state index contributed by atoms with van der Waals surface area (Å²) in [5.41, 5.74) is 1.56. The molecule has 0 fully saturated rings. The number of benzene rings is 2. The SMILES string of the molecule is CCN(C(=O)c1cccc(Br)c1)C(C)c1ccc(F)cc1. The maximum atomic E-state index is 13.0. The summed E-state index contributed by atoms with van der Waals surface area (Å²) in [5.74, 6) is -0.303. The van der Waals surface area contributed by atoms with Gasteiger partial charge in [-0.2, -0.15) is 0 Å². The number of hydrogen-bond acceptors (Lipinski definition) is 1. The number of carbonyl (C=O) groups is 1. The maximum Gasteiger partial charge on any atom is 0.254 e. The van der Waals surface area contributed by atoms with E-state index in [0.29, 0.717) is 12.1 Å². The molecular weight excluding hydrogens is 333 g/mol. The Hall–Kier alpha value is -1.68. The second-order valence-corrected chi connectivity index (χ2v) is 5.74. The number of carbonyl (C=O) groups excluding carboxylic acids is 1. The molecule has 2 aromatic carbocycles. The van der Waals surface area contributed by atoms with E-state index in [1.165, 1.54) is 12.1 Å². The predicted molar refractivity (Wildman–Crippen MR) is 85.7 cm³/mol. The molecule has 0 N–H and O–H groups in total. The highest BCUT2D eigenvalue weighted by Crippen LogP contribution is 2.23. The number of halogens is 2. The lowest BCUT2D eigenvalue weighted by Crippen LogP contribution is -2.33. The van der Waals surface area contributed by atoms with Gasteiger partial charge in [-0.3, -0.25) is 4.79 Å². The molecule has 4 heteroatoms. The van der Waals surface area contributed by atoms with Crippen LogP contribution in [0.5, 0.6) is 0 Å². The summed E-state index contributed by atoms with van der Waals surface area (Å²) in [6.45, 7) is 4.48. The summed E-state index contributed by atoms with van der Waals surface area (Å²) in [6, 6.07) is 13.5. The highest BCUT2D eigenvalue weighted by atomic mass is 79.9. The lowest BCUT2D eigenvalue weighted by Gasteiger charge is -2.28. The first-order valence-corrected chi connectivity index (χ1v) is 7.64. The molecular formula is C17H17BrFNO. The molecule has 2 rings (SSSR count). The van der Waals surface area contributed by atoms with E-state index in [1.54, 1.807) is 23.1 Å². The van der Waals surface area contributed by atoms with Crippen LogP contribution in [0.2, 0.25) is 0 Å². The van der Waals surface area contributed by atoms with Crippen molar-refractivity contribution < 1.29 is 9.18 Å². The molecule has 0 aliphatic rings. The van der Waals surface area contributed by atoms with Gasteiger partial charge < -0.3 is 4.90 Å². The molecule has 110 valence electrons. The predicted octanol–water partition coefficient (Wildman–Crippen LogP) is 4.81. The van der Waals surface area contributed by atoms with E-state index in [2.05, 4.69) is 15.9 Å². The van der Waals surface area contributed by atoms with Crippen LogP contribution < -0.4 is 0 Å². The molecule has 1 amide bonds. The first kappa shape index (κ1) is 15.7. The summed E-state index contributed by atoms with van der Waals surface area (Å²) in [5, 5.41) is 0. The van der Waals surface area contributed by atoms with Crippen molar-refractivity contribution in [3.8, 4) is 0 Å². The van der Waals surface area contributed by atoms with Crippen molar-refractivity contribution in [1.82, 2.24) is 4.90 Å². The zero-order valence-corrected chi connectivity index (χ0v) is 13.6. The van der Waals surface area contributed by atoms with E-state index in [1.807, 2.05) is 32.0 Å². The van der Waals surface area contributed by atoms with Crippen LogP contribution in [-0.2, 0) is 0 Å². The van der Waals surface area contributed by atoms with Crippen molar-refractivity contribution in [3.05, 3.63) is 69.9 Å². The van der Waals surface area contributed by atoms with Crippen molar-refractivity contribution >= 4 is 21.8 Å². The Kier molecular flexibility index (Phi) is 5.12. The minimum absolute atomic E-state index is 0.0318. The van der Waals surface area contributed by atoms with Crippen LogP contribution in [0.3, 0.4) is 0 Å². The lowest BCUT2D eigenvalue weighted by molar-refractivity contribution is 0.0702. The smallest absolute Gasteiger partial charge is 0.254 e. The number of amides is 1. The van der Waals surface area contributed by atoms with Crippen LogP contribution >= 0.6 is 15.9 Å². The first-order chi connectivity index (χ1) is 10.0. The Bertz CT molecular complexity index is 627. The normalized spacial score (nSPS) is 12.0. The fraction of sp³-hybridized carbons (Fsp3) is 0.235. The fourth-order valence-electron chi connectivity index (χ4n) is 2.30. The van der Waals surface area contributed by atoms with Gasteiger partial charge in [0.05, 0.1) is 6.04 Å². The van der Waals surface area contributed by atoms with Gasteiger partial charge in [0.1, 0.15) is 5.82 Å². The monoisotopic (exact) mass is 349 g/mol. The highest BCUT2D eigenvalue weighted by Gasteiger charge is 2.21. The molecule has 0 aromatic heterocycles. The second-order valence-electron chi connectivity index (χ2n) is 4.83. The van der Waals surface area contributed by atoms with Crippen molar-refractivity contribution in [3.63, 3.8) is 0 Å². The average Bonchev–Trinajstić information content (AvgIpc) is 2.48. The van der Waals surface area contributed by atoms with Gasteiger partial charge >= 0.3 is 0 Å². The molecule has 0 saturated heterocycles. The van der Waals surface area contributed by atoms with Gasteiger partial charge in [-0.25, -0.2) is 4.39 Å². The van der Waals surface area contributed by atoms with Gasteiger partial charge in [-0.05, 0) is 49.7 Å². The maximum absolute atomic E-state index is 13.0. The van der Waals surface area contributed by atoms with E-state index in [-0.39, 0.29) is 17.8 Å². The standard InChI is InChI=1S/C17H17BrFNO/c1-3-20(12(2)13-7-9-16(19)10-8-13)17(21)14-5-4-6-15(18)11-14/h4-12H,3H2,1-2H3. The molecule has 2 aromatic rings. The average molecular weight is 350 g/mol. The van der Waals surface area contributed by atoms with Gasteiger partial charge in [0.15, 0.2) is 0 Å². The molecule has 0 aliphatic carbocycles. The van der Waals surface area contributed by atoms with E-state index in [0.717, 1.165) is 10.0 Å². The van der Waals surface area contributed by atoms with Crippen LogP contribution in [0.1, 0.15) is 35.8 Å². The Morgan fingerprint density at radius 1 is 1.24 bits per heavy atom. The molecule has 0 bridgehead atoms. The third kappa shape index (κ3) is 3.70. The highest BCUT2D eigenvalue weighted by molar-refractivity contribution is 9.10. The third-order valence-electron chi connectivity index (χ3n) is 3.49. The molecule has 0 radical (unpaired) electrons. The number of nitrogens with zero attached hydrogens (tertiary/aromatic N) is 1. The largest absolute Gasteiger partial charge is 0.332 e. The van der Waals surface area contributed by atoms with Gasteiger partial charge in [-0.15, -0.1) is 0 Å². The molecule has 1 atom stereocenters. The molecule has 0 aliphatic heterocycles. The second kappa shape index (κ2) is 6.85. The van der Waals surface area contributed by atoms with E-state index in [9.17, 15) is 9.18 Å². The van der Waals surface area contributed by atoms with E-state index in [4.69, 9.17) is 0 Å². The zero-order chi connectivity index (χ0) is 15.4. The Morgan fingerprint density at radius 3 is 2.48 bits per heavy atom. The summed E-state index contributed by atoms with van der Waals surface area (Å²) >= 11 is 3.38. The minimum Gasteiger partial charge on any atom is -0.332 e. The molecule has 21 heavy (non-hydrogen) atoms. The fourth-order valence-corrected chi connectivity index (χ4v) is 2.70. The van der Waals surface area contributed by atoms with Crippen LogP contribution in [0.4, 0.5) is 4.39 Å². The minimum atomic E-state index is -0.271. The number of hydrogen-bond donors (Lipinski definition) is 0. The molecule has 0 saturated carbocycles.